The van der Waals surface area contributed by atoms with Crippen LogP contribution in [0.15, 0.2) is 24.3 Å². The molecule has 0 atom stereocenters. The van der Waals surface area contributed by atoms with E-state index in [0.717, 1.165) is 15.0 Å². The van der Waals surface area contributed by atoms with Gasteiger partial charge < -0.3 is 15.4 Å². The zero-order valence-corrected chi connectivity index (χ0v) is 12.0. The predicted octanol–water partition coefficient (Wildman–Crippen LogP) is 2.59. The van der Waals surface area contributed by atoms with Crippen LogP contribution in [0.3, 0.4) is 0 Å². The minimum absolute atomic E-state index is 0.0273. The summed E-state index contributed by atoms with van der Waals surface area (Å²) in [6.07, 6.45) is 0. The Labute approximate surface area is 116 Å². The summed E-state index contributed by atoms with van der Waals surface area (Å²) >= 11 is 1.49. The molecule has 0 saturated heterocycles. The van der Waals surface area contributed by atoms with Gasteiger partial charge in [0, 0.05) is 30.6 Å². The van der Waals surface area contributed by atoms with Crippen molar-refractivity contribution in [3.8, 4) is 0 Å². The first-order valence-electron chi connectivity index (χ1n) is 6.24. The van der Waals surface area contributed by atoms with Crippen molar-refractivity contribution in [2.45, 2.75) is 6.92 Å². The van der Waals surface area contributed by atoms with Gasteiger partial charge in [-0.15, -0.1) is 11.3 Å². The van der Waals surface area contributed by atoms with Crippen LogP contribution < -0.4 is 5.73 Å². The number of carbonyl (C=O) groups is 1. The van der Waals surface area contributed by atoms with Gasteiger partial charge in [-0.05, 0) is 36.6 Å². The number of amides is 1. The maximum atomic E-state index is 12.2. The number of rotatable bonds is 5. The summed E-state index contributed by atoms with van der Waals surface area (Å²) in [6, 6.07) is 7.59. The Morgan fingerprint density at radius 3 is 2.95 bits per heavy atom. The van der Waals surface area contributed by atoms with Crippen molar-refractivity contribution < 1.29 is 9.53 Å². The summed E-state index contributed by atoms with van der Waals surface area (Å²) < 4.78 is 6.34. The van der Waals surface area contributed by atoms with Crippen LogP contribution in [0.2, 0.25) is 0 Å². The quantitative estimate of drug-likeness (QED) is 0.675. The number of hydrogen-bond donors (Lipinski definition) is 1. The number of carbonyl (C=O) groups excluding carboxylic acids is 1. The lowest BCUT2D eigenvalue weighted by Gasteiger charge is -2.15. The first kappa shape index (κ1) is 13.8. The highest BCUT2D eigenvalue weighted by Gasteiger charge is 2.14. The van der Waals surface area contributed by atoms with Crippen LogP contribution in [-0.4, -0.2) is 37.6 Å². The predicted molar refractivity (Wildman–Crippen MR) is 79.7 cm³/mol. The summed E-state index contributed by atoms with van der Waals surface area (Å²) in [7, 11) is 1.79. The molecule has 4 nitrogen and oxygen atoms in total. The second-order valence-electron chi connectivity index (χ2n) is 4.33. The van der Waals surface area contributed by atoms with Crippen molar-refractivity contribution in [3.05, 3.63) is 29.1 Å². The van der Waals surface area contributed by atoms with E-state index in [-0.39, 0.29) is 5.91 Å². The summed E-state index contributed by atoms with van der Waals surface area (Å²) in [5.74, 6) is 0.0273. The average Bonchev–Trinajstić information content (AvgIpc) is 2.80. The van der Waals surface area contributed by atoms with Crippen LogP contribution in [0.5, 0.6) is 0 Å². The Balaban J connectivity index is 2.12. The maximum Gasteiger partial charge on any atom is 0.263 e. The number of benzene rings is 1. The summed E-state index contributed by atoms with van der Waals surface area (Å²) in [6.45, 7) is 3.78. The third-order valence-corrected chi connectivity index (χ3v) is 3.98. The highest BCUT2D eigenvalue weighted by Crippen LogP contribution is 2.27. The fourth-order valence-electron chi connectivity index (χ4n) is 1.80. The molecule has 0 unspecified atom stereocenters. The Morgan fingerprint density at radius 1 is 1.42 bits per heavy atom. The van der Waals surface area contributed by atoms with Gasteiger partial charge in [0.2, 0.25) is 0 Å². The van der Waals surface area contributed by atoms with Gasteiger partial charge in [0.15, 0.2) is 0 Å². The topological polar surface area (TPSA) is 55.6 Å². The lowest BCUT2D eigenvalue weighted by molar-refractivity contribution is 0.0714. The van der Waals surface area contributed by atoms with E-state index in [1.165, 1.54) is 11.3 Å². The fraction of sp³-hybridized carbons (Fsp3) is 0.357. The molecule has 0 aliphatic carbocycles. The molecule has 1 amide bonds. The number of fused-ring (bicyclic) bond motifs is 1. The summed E-state index contributed by atoms with van der Waals surface area (Å²) in [5.41, 5.74) is 6.46. The lowest BCUT2D eigenvalue weighted by Crippen LogP contribution is -2.29. The number of nitrogens with two attached hydrogens (primary N) is 1. The van der Waals surface area contributed by atoms with E-state index in [0.29, 0.717) is 25.4 Å². The molecular weight excluding hydrogens is 260 g/mol. The molecule has 0 radical (unpaired) electrons. The second-order valence-corrected chi connectivity index (χ2v) is 5.42. The molecule has 0 spiro atoms. The van der Waals surface area contributed by atoms with E-state index in [4.69, 9.17) is 10.5 Å². The molecule has 1 aromatic carbocycles. The van der Waals surface area contributed by atoms with E-state index in [1.807, 2.05) is 31.2 Å². The maximum absolute atomic E-state index is 12.2. The zero-order valence-electron chi connectivity index (χ0n) is 11.2. The number of nitrogens with zero attached hydrogens (tertiary/aromatic N) is 1. The Bertz CT molecular complexity index is 580. The smallest absolute Gasteiger partial charge is 0.263 e. The molecule has 0 bridgehead atoms. The molecular formula is C14H18N2O2S. The van der Waals surface area contributed by atoms with Crippen LogP contribution >= 0.6 is 11.3 Å². The average molecular weight is 278 g/mol. The van der Waals surface area contributed by atoms with E-state index >= 15 is 0 Å². The van der Waals surface area contributed by atoms with E-state index < -0.39 is 0 Å². The van der Waals surface area contributed by atoms with Gasteiger partial charge in [-0.2, -0.15) is 0 Å². The molecule has 19 heavy (non-hydrogen) atoms. The van der Waals surface area contributed by atoms with Crippen molar-refractivity contribution in [2.24, 2.45) is 0 Å². The number of nitrogen functional groups attached to an aromatic ring is 1. The first-order valence-corrected chi connectivity index (χ1v) is 7.05. The fourth-order valence-corrected chi connectivity index (χ4v) is 2.84. The Morgan fingerprint density at radius 2 is 2.21 bits per heavy atom. The van der Waals surface area contributed by atoms with Gasteiger partial charge in [0.05, 0.1) is 11.5 Å². The van der Waals surface area contributed by atoms with Gasteiger partial charge >= 0.3 is 0 Å². The molecule has 1 heterocycles. The second kappa shape index (κ2) is 6.04. The Hall–Kier alpha value is -1.59. The number of thiophene rings is 1. The SMILES string of the molecule is CCOCCN(C)C(=O)c1cc2cc(N)ccc2s1. The van der Waals surface area contributed by atoms with Crippen LogP contribution in [-0.2, 0) is 4.74 Å². The van der Waals surface area contributed by atoms with E-state index in [2.05, 4.69) is 0 Å². The molecule has 2 aromatic rings. The van der Waals surface area contributed by atoms with E-state index in [1.54, 1.807) is 11.9 Å². The number of anilines is 1. The molecule has 0 fully saturated rings. The molecule has 102 valence electrons. The van der Waals surface area contributed by atoms with Gasteiger partial charge in [-0.1, -0.05) is 0 Å². The molecule has 1 aromatic heterocycles. The van der Waals surface area contributed by atoms with Gasteiger partial charge in [0.1, 0.15) is 0 Å². The largest absolute Gasteiger partial charge is 0.399 e. The molecule has 0 aliphatic heterocycles. The minimum Gasteiger partial charge on any atom is -0.399 e. The number of hydrogen-bond acceptors (Lipinski definition) is 4. The van der Waals surface area contributed by atoms with Gasteiger partial charge in [-0.3, -0.25) is 4.79 Å². The number of ether oxygens (including phenoxy) is 1. The molecule has 2 rings (SSSR count). The Kier molecular flexibility index (Phi) is 4.39. The normalized spacial score (nSPS) is 10.8. The van der Waals surface area contributed by atoms with E-state index in [9.17, 15) is 4.79 Å². The number of likely N-dealkylation sites (N-methyl/N-ethyl adjacent to an activating group) is 1. The third kappa shape index (κ3) is 3.24. The molecule has 2 N–H and O–H groups in total. The van der Waals surface area contributed by atoms with Crippen LogP contribution in [0.25, 0.3) is 10.1 Å². The van der Waals surface area contributed by atoms with Crippen molar-refractivity contribution >= 4 is 33.0 Å². The third-order valence-electron chi connectivity index (χ3n) is 2.87. The highest BCUT2D eigenvalue weighted by molar-refractivity contribution is 7.20. The van der Waals surface area contributed by atoms with Gasteiger partial charge in [-0.25, -0.2) is 0 Å². The van der Waals surface area contributed by atoms with Crippen LogP contribution in [0.4, 0.5) is 5.69 Å². The summed E-state index contributed by atoms with van der Waals surface area (Å²) in [4.78, 5) is 14.7. The monoisotopic (exact) mass is 278 g/mol. The van der Waals surface area contributed by atoms with Crippen LogP contribution in [0, 0.1) is 0 Å². The molecule has 5 heteroatoms. The first-order chi connectivity index (χ1) is 9.11. The molecule has 0 aliphatic rings. The molecule has 0 saturated carbocycles. The minimum atomic E-state index is 0.0273. The van der Waals surface area contributed by atoms with Crippen molar-refractivity contribution in [3.63, 3.8) is 0 Å². The lowest BCUT2D eigenvalue weighted by atomic mass is 10.2. The zero-order chi connectivity index (χ0) is 13.8. The van der Waals surface area contributed by atoms with Gasteiger partial charge in [0.25, 0.3) is 5.91 Å². The van der Waals surface area contributed by atoms with Crippen molar-refractivity contribution in [2.75, 3.05) is 32.5 Å². The highest BCUT2D eigenvalue weighted by atomic mass is 32.1. The van der Waals surface area contributed by atoms with Crippen molar-refractivity contribution in [1.29, 1.82) is 0 Å². The summed E-state index contributed by atoms with van der Waals surface area (Å²) in [5, 5.41) is 1.02. The standard InChI is InChI=1S/C14H18N2O2S/c1-3-18-7-6-16(2)14(17)13-9-10-8-11(15)4-5-12(10)19-13/h4-5,8-9H,3,6-7,15H2,1-2H3. The van der Waals surface area contributed by atoms with Crippen LogP contribution in [0.1, 0.15) is 16.6 Å². The van der Waals surface area contributed by atoms with Crippen molar-refractivity contribution in [1.82, 2.24) is 4.90 Å².